The second kappa shape index (κ2) is 11.6. The number of rotatable bonds is 9. The summed E-state index contributed by atoms with van der Waals surface area (Å²) in [5, 5.41) is 3.37. The molecule has 1 unspecified atom stereocenters. The number of furan rings is 1. The van der Waals surface area contributed by atoms with Crippen molar-refractivity contribution < 1.29 is 13.9 Å². The summed E-state index contributed by atoms with van der Waals surface area (Å²) in [6, 6.07) is 3.85. The van der Waals surface area contributed by atoms with E-state index in [0.29, 0.717) is 19.6 Å². The first-order valence-corrected chi connectivity index (χ1v) is 10.0. The van der Waals surface area contributed by atoms with Crippen LogP contribution < -0.4 is 5.32 Å². The van der Waals surface area contributed by atoms with Crippen molar-refractivity contribution in [3.8, 4) is 0 Å². The smallest absolute Gasteiger partial charge is 0.242 e. The number of carbonyl (C=O) groups excluding carboxylic acids is 1. The third-order valence-corrected chi connectivity index (χ3v) is 4.80. The third kappa shape index (κ3) is 7.25. The summed E-state index contributed by atoms with van der Waals surface area (Å²) in [7, 11) is 1.90. The highest BCUT2D eigenvalue weighted by atomic mass is 16.5. The van der Waals surface area contributed by atoms with Crippen LogP contribution in [0.5, 0.6) is 0 Å². The minimum absolute atomic E-state index is 0.108. The lowest BCUT2D eigenvalue weighted by atomic mass is 10.1. The molecular weight excluding hydrogens is 344 g/mol. The Hall–Kier alpha value is -2.02. The molecule has 0 bridgehead atoms. The Labute approximate surface area is 162 Å². The average Bonchev–Trinajstić information content (AvgIpc) is 3.19. The topological polar surface area (TPSA) is 70.3 Å². The number of nitrogens with zero attached hydrogens (tertiary/aromatic N) is 3. The first-order chi connectivity index (χ1) is 13.1. The Morgan fingerprint density at radius 2 is 2.15 bits per heavy atom. The molecule has 27 heavy (non-hydrogen) atoms. The molecule has 1 aliphatic rings. The Morgan fingerprint density at radius 3 is 2.78 bits per heavy atom. The maximum absolute atomic E-state index is 12.4. The molecule has 7 nitrogen and oxygen atoms in total. The van der Waals surface area contributed by atoms with Gasteiger partial charge in [0, 0.05) is 39.7 Å². The van der Waals surface area contributed by atoms with Gasteiger partial charge in [-0.15, -0.1) is 0 Å². The molecular formula is C20H34N4O3. The summed E-state index contributed by atoms with van der Waals surface area (Å²) in [6.45, 7) is 7.87. The Bertz CT molecular complexity index is 564. The quantitative estimate of drug-likeness (QED) is 0.527. The molecule has 2 heterocycles. The van der Waals surface area contributed by atoms with Crippen molar-refractivity contribution in [2.24, 2.45) is 4.99 Å². The molecule has 0 saturated carbocycles. The molecule has 0 spiro atoms. The first-order valence-electron chi connectivity index (χ1n) is 10.0. The zero-order chi connectivity index (χ0) is 19.5. The number of aliphatic imine (C=N–C) groups is 1. The highest BCUT2D eigenvalue weighted by Gasteiger charge is 2.17. The summed E-state index contributed by atoms with van der Waals surface area (Å²) in [4.78, 5) is 20.9. The minimum atomic E-state index is 0.108. The van der Waals surface area contributed by atoms with Crippen LogP contribution in [0.25, 0.3) is 0 Å². The fourth-order valence-electron chi connectivity index (χ4n) is 3.16. The van der Waals surface area contributed by atoms with Gasteiger partial charge in [0.15, 0.2) is 5.96 Å². The molecule has 1 aliphatic heterocycles. The second-order valence-corrected chi connectivity index (χ2v) is 6.83. The van der Waals surface area contributed by atoms with Crippen molar-refractivity contribution in [3.63, 3.8) is 0 Å². The van der Waals surface area contributed by atoms with Gasteiger partial charge in [-0.1, -0.05) is 0 Å². The Kier molecular flexibility index (Phi) is 9.18. The predicted octanol–water partition coefficient (Wildman–Crippen LogP) is 2.14. The summed E-state index contributed by atoms with van der Waals surface area (Å²) in [5.41, 5.74) is 0. The number of ether oxygens (including phenoxy) is 1. The van der Waals surface area contributed by atoms with Gasteiger partial charge in [0.05, 0.1) is 25.5 Å². The van der Waals surface area contributed by atoms with Gasteiger partial charge in [-0.3, -0.25) is 9.79 Å². The van der Waals surface area contributed by atoms with Crippen LogP contribution in [0.4, 0.5) is 0 Å². The van der Waals surface area contributed by atoms with Crippen molar-refractivity contribution in [1.29, 1.82) is 0 Å². The van der Waals surface area contributed by atoms with Gasteiger partial charge >= 0.3 is 0 Å². The van der Waals surface area contributed by atoms with E-state index >= 15 is 0 Å². The van der Waals surface area contributed by atoms with Crippen molar-refractivity contribution in [3.05, 3.63) is 24.2 Å². The van der Waals surface area contributed by atoms with E-state index in [0.717, 1.165) is 50.7 Å². The monoisotopic (exact) mass is 378 g/mol. The average molecular weight is 379 g/mol. The van der Waals surface area contributed by atoms with E-state index in [2.05, 4.69) is 5.32 Å². The molecule has 1 saturated heterocycles. The van der Waals surface area contributed by atoms with Gasteiger partial charge < -0.3 is 24.3 Å². The number of carbonyl (C=O) groups is 1. The summed E-state index contributed by atoms with van der Waals surface area (Å²) in [6.07, 6.45) is 5.99. The van der Waals surface area contributed by atoms with Crippen molar-refractivity contribution in [1.82, 2.24) is 15.1 Å². The van der Waals surface area contributed by atoms with E-state index < -0.39 is 0 Å². The fraction of sp³-hybridized carbons (Fsp3) is 0.700. The SMILES string of the molecule is CCN(CC)C(=O)CN(C)C(=NCC1CCCCO1)NCCc1ccco1. The molecule has 1 aromatic heterocycles. The largest absolute Gasteiger partial charge is 0.469 e. The van der Waals surface area contributed by atoms with Crippen LogP contribution in [0.2, 0.25) is 0 Å². The summed E-state index contributed by atoms with van der Waals surface area (Å²) < 4.78 is 11.2. The van der Waals surface area contributed by atoms with Gasteiger partial charge in [0.25, 0.3) is 0 Å². The number of guanidine groups is 1. The van der Waals surface area contributed by atoms with E-state index in [-0.39, 0.29) is 12.0 Å². The molecule has 1 aromatic rings. The highest BCUT2D eigenvalue weighted by molar-refractivity contribution is 5.86. The van der Waals surface area contributed by atoms with Gasteiger partial charge in [-0.25, -0.2) is 0 Å². The lowest BCUT2D eigenvalue weighted by Crippen LogP contribution is -2.46. The van der Waals surface area contributed by atoms with Gasteiger partial charge in [-0.05, 0) is 45.2 Å². The molecule has 1 amide bonds. The Morgan fingerprint density at radius 1 is 1.33 bits per heavy atom. The number of likely N-dealkylation sites (N-methyl/N-ethyl adjacent to an activating group) is 2. The van der Waals surface area contributed by atoms with Crippen molar-refractivity contribution in [2.45, 2.75) is 45.6 Å². The van der Waals surface area contributed by atoms with E-state index in [1.807, 2.05) is 42.8 Å². The zero-order valence-electron chi connectivity index (χ0n) is 16.9. The van der Waals surface area contributed by atoms with Gasteiger partial charge in [0.2, 0.25) is 5.91 Å². The number of hydrogen-bond acceptors (Lipinski definition) is 4. The molecule has 1 fully saturated rings. The maximum atomic E-state index is 12.4. The lowest BCUT2D eigenvalue weighted by molar-refractivity contribution is -0.131. The van der Waals surface area contributed by atoms with Crippen LogP contribution in [0.1, 0.15) is 38.9 Å². The van der Waals surface area contributed by atoms with E-state index in [4.69, 9.17) is 14.1 Å². The first kappa shape index (κ1) is 21.3. The van der Waals surface area contributed by atoms with Gasteiger partial charge in [-0.2, -0.15) is 0 Å². The van der Waals surface area contributed by atoms with E-state index in [1.54, 1.807) is 6.26 Å². The van der Waals surface area contributed by atoms with Crippen LogP contribution in [0.3, 0.4) is 0 Å². The van der Waals surface area contributed by atoms with Crippen LogP contribution in [0.15, 0.2) is 27.8 Å². The van der Waals surface area contributed by atoms with Crippen LogP contribution in [-0.4, -0.2) is 74.1 Å². The third-order valence-electron chi connectivity index (χ3n) is 4.80. The van der Waals surface area contributed by atoms with Crippen molar-refractivity contribution >= 4 is 11.9 Å². The minimum Gasteiger partial charge on any atom is -0.469 e. The number of nitrogens with one attached hydrogen (secondary N) is 1. The normalized spacial score (nSPS) is 17.6. The molecule has 1 N–H and O–H groups in total. The predicted molar refractivity (Wildman–Crippen MR) is 107 cm³/mol. The van der Waals surface area contributed by atoms with Crippen LogP contribution >= 0.6 is 0 Å². The maximum Gasteiger partial charge on any atom is 0.242 e. The molecule has 0 radical (unpaired) electrons. The Balaban J connectivity index is 1.94. The molecule has 1 atom stereocenters. The summed E-state index contributed by atoms with van der Waals surface area (Å²) >= 11 is 0. The highest BCUT2D eigenvalue weighted by Crippen LogP contribution is 2.12. The molecule has 152 valence electrons. The van der Waals surface area contributed by atoms with Gasteiger partial charge in [0.1, 0.15) is 5.76 Å². The standard InChI is InChI=1S/C20H34N4O3/c1-4-24(5-2)19(25)16-23(3)20(21-12-11-17-10-8-14-26-17)22-15-18-9-6-7-13-27-18/h8,10,14,18H,4-7,9,11-13,15-16H2,1-3H3,(H,21,22). The van der Waals surface area contributed by atoms with E-state index in [9.17, 15) is 4.79 Å². The van der Waals surface area contributed by atoms with Crippen LogP contribution in [0, 0.1) is 0 Å². The molecule has 0 aliphatic carbocycles. The lowest BCUT2D eigenvalue weighted by Gasteiger charge is -2.27. The number of amides is 1. The number of hydrogen-bond donors (Lipinski definition) is 1. The molecule has 0 aromatic carbocycles. The summed E-state index contributed by atoms with van der Waals surface area (Å²) in [5.74, 6) is 1.77. The fourth-order valence-corrected chi connectivity index (χ4v) is 3.16. The molecule has 2 rings (SSSR count). The molecule has 7 heteroatoms. The second-order valence-electron chi connectivity index (χ2n) is 6.83. The van der Waals surface area contributed by atoms with E-state index in [1.165, 1.54) is 6.42 Å². The van der Waals surface area contributed by atoms with Crippen molar-refractivity contribution in [2.75, 3.05) is 46.4 Å². The van der Waals surface area contributed by atoms with Crippen LogP contribution in [-0.2, 0) is 16.0 Å². The zero-order valence-corrected chi connectivity index (χ0v) is 16.9.